The minimum atomic E-state index is 0.682. The van der Waals surface area contributed by atoms with Gasteiger partial charge in [0.25, 0.3) is 0 Å². The van der Waals surface area contributed by atoms with Crippen molar-refractivity contribution in [3.05, 3.63) is 57.8 Å². The van der Waals surface area contributed by atoms with Crippen molar-refractivity contribution in [1.82, 2.24) is 9.55 Å². The van der Waals surface area contributed by atoms with E-state index in [4.69, 9.17) is 16.6 Å². The summed E-state index contributed by atoms with van der Waals surface area (Å²) in [7, 11) is 0. The quantitative estimate of drug-likeness (QED) is 0.699. The molecule has 0 saturated heterocycles. The molecule has 3 nitrogen and oxygen atoms in total. The number of fused-ring (bicyclic) bond motifs is 1. The third-order valence-electron chi connectivity index (χ3n) is 3.40. The zero-order chi connectivity index (χ0) is 14.8. The second kappa shape index (κ2) is 6.08. The molecule has 1 heterocycles. The molecule has 3 rings (SSSR count). The first kappa shape index (κ1) is 14.4. The number of nitrogens with zero attached hydrogens (tertiary/aromatic N) is 2. The molecule has 0 saturated carbocycles. The third-order valence-corrected chi connectivity index (χ3v) is 4.15. The van der Waals surface area contributed by atoms with Crippen molar-refractivity contribution in [2.45, 2.75) is 20.0 Å². The predicted molar refractivity (Wildman–Crippen MR) is 91.9 cm³/mol. The van der Waals surface area contributed by atoms with Gasteiger partial charge in [-0.3, -0.25) is 0 Å². The maximum absolute atomic E-state index is 5.90. The van der Waals surface area contributed by atoms with Crippen LogP contribution in [0.5, 0.6) is 0 Å². The van der Waals surface area contributed by atoms with Crippen molar-refractivity contribution in [2.75, 3.05) is 5.32 Å². The van der Waals surface area contributed by atoms with E-state index in [9.17, 15) is 0 Å². The Labute approximate surface area is 137 Å². The van der Waals surface area contributed by atoms with Crippen molar-refractivity contribution in [2.24, 2.45) is 0 Å². The summed E-state index contributed by atoms with van der Waals surface area (Å²) in [6.07, 6.45) is 0. The fourth-order valence-electron chi connectivity index (χ4n) is 2.39. The molecule has 1 aromatic heterocycles. The summed E-state index contributed by atoms with van der Waals surface area (Å²) in [6, 6.07) is 13.9. The average molecular weight is 365 g/mol. The average Bonchev–Trinajstić information content (AvgIpc) is 2.83. The normalized spacial score (nSPS) is 11.0. The Morgan fingerprint density at radius 1 is 1.19 bits per heavy atom. The zero-order valence-corrected chi connectivity index (χ0v) is 13.9. The second-order valence-corrected chi connectivity index (χ2v) is 6.12. The van der Waals surface area contributed by atoms with Crippen molar-refractivity contribution < 1.29 is 0 Å². The van der Waals surface area contributed by atoms with Crippen LogP contribution >= 0.6 is 27.5 Å². The Morgan fingerprint density at radius 3 is 2.67 bits per heavy atom. The van der Waals surface area contributed by atoms with E-state index in [1.165, 1.54) is 0 Å². The van der Waals surface area contributed by atoms with Gasteiger partial charge in [0.2, 0.25) is 0 Å². The van der Waals surface area contributed by atoms with Crippen LogP contribution in [0.1, 0.15) is 12.7 Å². The Hall–Kier alpha value is -1.52. The second-order valence-electron chi connectivity index (χ2n) is 4.77. The van der Waals surface area contributed by atoms with Crippen molar-refractivity contribution in [1.29, 1.82) is 0 Å². The molecule has 2 aromatic carbocycles. The molecule has 108 valence electrons. The Balaban J connectivity index is 1.87. The van der Waals surface area contributed by atoms with Gasteiger partial charge in [-0.25, -0.2) is 4.98 Å². The molecule has 1 N–H and O–H groups in total. The standard InChI is InChI=1S/C16H15BrClN3/c1-2-21-15-8-3-11(17)9-14(15)20-16(21)10-19-13-6-4-12(18)5-7-13/h3-9,19H,2,10H2,1H3. The molecule has 21 heavy (non-hydrogen) atoms. The zero-order valence-electron chi connectivity index (χ0n) is 11.6. The van der Waals surface area contributed by atoms with Crippen molar-refractivity contribution >= 4 is 44.3 Å². The van der Waals surface area contributed by atoms with Crippen molar-refractivity contribution in [3.8, 4) is 0 Å². The van der Waals surface area contributed by atoms with Gasteiger partial charge in [0.05, 0.1) is 17.6 Å². The highest BCUT2D eigenvalue weighted by molar-refractivity contribution is 9.10. The minimum absolute atomic E-state index is 0.682. The van der Waals surface area contributed by atoms with Crippen LogP contribution in [0.15, 0.2) is 46.9 Å². The van der Waals surface area contributed by atoms with Gasteiger partial charge < -0.3 is 9.88 Å². The van der Waals surface area contributed by atoms with E-state index < -0.39 is 0 Å². The number of nitrogens with one attached hydrogen (secondary N) is 1. The van der Waals surface area contributed by atoms with Gasteiger partial charge in [0.1, 0.15) is 5.82 Å². The maximum atomic E-state index is 5.90. The Morgan fingerprint density at radius 2 is 1.95 bits per heavy atom. The first-order valence-electron chi connectivity index (χ1n) is 6.81. The lowest BCUT2D eigenvalue weighted by Gasteiger charge is -2.08. The van der Waals surface area contributed by atoms with Gasteiger partial charge in [0, 0.05) is 21.7 Å². The van der Waals surface area contributed by atoms with Crippen LogP contribution in [0.3, 0.4) is 0 Å². The first-order chi connectivity index (χ1) is 10.2. The van der Waals surface area contributed by atoms with Crippen LogP contribution in [0.25, 0.3) is 11.0 Å². The fourth-order valence-corrected chi connectivity index (χ4v) is 2.86. The van der Waals surface area contributed by atoms with E-state index in [-0.39, 0.29) is 0 Å². The molecule has 0 aliphatic heterocycles. The highest BCUT2D eigenvalue weighted by Gasteiger charge is 2.09. The summed E-state index contributed by atoms with van der Waals surface area (Å²) in [5.41, 5.74) is 3.21. The molecule has 0 spiro atoms. The first-order valence-corrected chi connectivity index (χ1v) is 7.98. The van der Waals surface area contributed by atoms with Crippen LogP contribution < -0.4 is 5.32 Å². The van der Waals surface area contributed by atoms with Gasteiger partial charge in [-0.05, 0) is 49.4 Å². The summed E-state index contributed by atoms with van der Waals surface area (Å²) in [4.78, 5) is 4.72. The predicted octanol–water partition coefficient (Wildman–Crippen LogP) is 5.08. The monoisotopic (exact) mass is 363 g/mol. The number of halogens is 2. The number of hydrogen-bond donors (Lipinski definition) is 1. The lowest BCUT2D eigenvalue weighted by Crippen LogP contribution is -2.07. The summed E-state index contributed by atoms with van der Waals surface area (Å²) in [5.74, 6) is 1.03. The summed E-state index contributed by atoms with van der Waals surface area (Å²) in [6.45, 7) is 3.71. The number of aryl methyl sites for hydroxylation is 1. The minimum Gasteiger partial charge on any atom is -0.378 e. The largest absolute Gasteiger partial charge is 0.378 e. The SMILES string of the molecule is CCn1c(CNc2ccc(Cl)cc2)nc2cc(Br)ccc21. The summed E-state index contributed by atoms with van der Waals surface area (Å²) < 4.78 is 3.28. The Bertz CT molecular complexity index is 765. The summed E-state index contributed by atoms with van der Waals surface area (Å²) in [5, 5.41) is 4.13. The highest BCUT2D eigenvalue weighted by atomic mass is 79.9. The van der Waals surface area contributed by atoms with Crippen LogP contribution in [-0.2, 0) is 13.1 Å². The molecule has 0 amide bonds. The third kappa shape index (κ3) is 3.06. The summed E-state index contributed by atoms with van der Waals surface area (Å²) >= 11 is 9.39. The number of aromatic nitrogens is 2. The number of anilines is 1. The highest BCUT2D eigenvalue weighted by Crippen LogP contribution is 2.22. The number of hydrogen-bond acceptors (Lipinski definition) is 2. The van der Waals surface area contributed by atoms with Gasteiger partial charge in [-0.15, -0.1) is 0 Å². The van der Waals surface area contributed by atoms with E-state index in [0.717, 1.165) is 38.6 Å². The Kier molecular flexibility index (Phi) is 4.17. The number of rotatable bonds is 4. The van der Waals surface area contributed by atoms with Gasteiger partial charge in [0.15, 0.2) is 0 Å². The van der Waals surface area contributed by atoms with Crippen LogP contribution in [-0.4, -0.2) is 9.55 Å². The molecule has 0 radical (unpaired) electrons. The topological polar surface area (TPSA) is 29.9 Å². The van der Waals surface area contributed by atoms with Gasteiger partial charge in [-0.2, -0.15) is 0 Å². The smallest absolute Gasteiger partial charge is 0.129 e. The van der Waals surface area contributed by atoms with Crippen LogP contribution in [0.2, 0.25) is 5.02 Å². The van der Waals surface area contributed by atoms with E-state index >= 15 is 0 Å². The van der Waals surface area contributed by atoms with Crippen LogP contribution in [0.4, 0.5) is 5.69 Å². The molecule has 0 aliphatic rings. The van der Waals surface area contributed by atoms with Gasteiger partial charge in [-0.1, -0.05) is 27.5 Å². The maximum Gasteiger partial charge on any atom is 0.129 e. The molecular weight excluding hydrogens is 350 g/mol. The lowest BCUT2D eigenvalue weighted by molar-refractivity contribution is 0.729. The number of imidazole rings is 1. The van der Waals surface area contributed by atoms with E-state index in [1.807, 2.05) is 36.4 Å². The van der Waals surface area contributed by atoms with Crippen LogP contribution in [0, 0.1) is 0 Å². The van der Waals surface area contributed by atoms with E-state index in [1.54, 1.807) is 0 Å². The molecule has 0 fully saturated rings. The molecule has 0 atom stereocenters. The lowest BCUT2D eigenvalue weighted by atomic mass is 10.3. The molecule has 0 aliphatic carbocycles. The van der Waals surface area contributed by atoms with E-state index in [0.29, 0.717) is 6.54 Å². The van der Waals surface area contributed by atoms with Gasteiger partial charge >= 0.3 is 0 Å². The van der Waals surface area contributed by atoms with E-state index in [2.05, 4.69) is 38.8 Å². The fraction of sp³-hybridized carbons (Fsp3) is 0.188. The molecule has 0 unspecified atom stereocenters. The molecule has 5 heteroatoms. The molecular formula is C16H15BrClN3. The number of benzene rings is 2. The molecule has 3 aromatic rings. The molecule has 0 bridgehead atoms. The van der Waals surface area contributed by atoms with Crippen molar-refractivity contribution in [3.63, 3.8) is 0 Å².